The Bertz CT molecular complexity index is 2080. The Morgan fingerprint density at radius 1 is 0.902 bits per heavy atom. The van der Waals surface area contributed by atoms with Crippen molar-refractivity contribution < 1.29 is 18.6 Å². The molecule has 0 saturated carbocycles. The fourth-order valence-electron chi connectivity index (χ4n) is 7.66. The summed E-state index contributed by atoms with van der Waals surface area (Å²) in [6.45, 7) is 6.15. The van der Waals surface area contributed by atoms with E-state index in [0.29, 0.717) is 65.9 Å². The van der Waals surface area contributed by atoms with Crippen LogP contribution in [0.1, 0.15) is 62.4 Å². The van der Waals surface area contributed by atoms with Gasteiger partial charge in [-0.1, -0.05) is 35.9 Å². The lowest BCUT2D eigenvalue weighted by Crippen LogP contribution is -2.49. The molecule has 2 aromatic carbocycles. The van der Waals surface area contributed by atoms with E-state index in [9.17, 15) is 18.6 Å². The number of hydrogen-bond acceptors (Lipinski definition) is 8. The number of imidazole rings is 2. The number of piperidine rings is 1. The first kappa shape index (κ1) is 35.2. The number of carbonyl (C=O) groups excluding carboxylic acids is 3. The fourth-order valence-corrected chi connectivity index (χ4v) is 9.09. The second-order valence-corrected chi connectivity index (χ2v) is 16.8. The lowest BCUT2D eigenvalue weighted by atomic mass is 9.98. The minimum absolute atomic E-state index is 0.306. The number of carbonyl (C=O) groups is 3. The maximum absolute atomic E-state index is 13.7. The molecule has 13 nitrogen and oxygen atoms in total. The molecule has 0 bridgehead atoms. The number of aromatic nitrogens is 4. The Morgan fingerprint density at radius 2 is 1.51 bits per heavy atom. The fraction of sp³-hybridized carbons (Fsp3) is 0.417. The Kier molecular flexibility index (Phi) is 9.71. The third kappa shape index (κ3) is 6.66. The zero-order valence-electron chi connectivity index (χ0n) is 29.3. The van der Waals surface area contributed by atoms with Gasteiger partial charge in [0, 0.05) is 101 Å². The van der Waals surface area contributed by atoms with Gasteiger partial charge >= 0.3 is 0 Å². The van der Waals surface area contributed by atoms with Gasteiger partial charge in [-0.25, -0.2) is 14.3 Å². The number of nitrogens with zero attached hydrogens (tertiary/aromatic N) is 6. The molecule has 15 heteroatoms. The molecular weight excluding hydrogens is 690 g/mol. The van der Waals surface area contributed by atoms with Crippen molar-refractivity contribution in [3.8, 4) is 11.1 Å². The van der Waals surface area contributed by atoms with Gasteiger partial charge < -0.3 is 25.1 Å². The Labute approximate surface area is 303 Å². The zero-order chi connectivity index (χ0) is 36.0. The summed E-state index contributed by atoms with van der Waals surface area (Å²) in [5.74, 6) is 0.0336. The van der Waals surface area contributed by atoms with Crippen molar-refractivity contribution in [2.24, 2.45) is 14.1 Å². The molecule has 2 aromatic heterocycles. The molecule has 1 saturated heterocycles. The summed E-state index contributed by atoms with van der Waals surface area (Å²) in [7, 11) is 0.829. The highest BCUT2D eigenvalue weighted by Gasteiger charge is 2.33. The predicted octanol–water partition coefficient (Wildman–Crippen LogP) is 3.51. The molecule has 1 fully saturated rings. The van der Waals surface area contributed by atoms with E-state index in [-0.39, 0.29) is 11.8 Å². The summed E-state index contributed by atoms with van der Waals surface area (Å²) in [5, 5.41) is 9.71. The Morgan fingerprint density at radius 3 is 2.18 bits per heavy atom. The third-order valence-electron chi connectivity index (χ3n) is 10.7. The van der Waals surface area contributed by atoms with E-state index in [4.69, 9.17) is 16.6 Å². The van der Waals surface area contributed by atoms with Crippen molar-refractivity contribution in [1.82, 2.24) is 33.6 Å². The highest BCUT2D eigenvalue weighted by molar-refractivity contribution is 8.12. The molecule has 3 N–H and O–H groups in total. The molecular formula is C36H44ClN9O4S. The van der Waals surface area contributed by atoms with Gasteiger partial charge in [-0.05, 0) is 53.1 Å². The van der Waals surface area contributed by atoms with E-state index >= 15 is 0 Å². The summed E-state index contributed by atoms with van der Waals surface area (Å²) in [5.41, 5.74) is 7.94. The molecule has 270 valence electrons. The van der Waals surface area contributed by atoms with Crippen LogP contribution < -0.4 is 16.0 Å². The number of anilines is 2. The predicted molar refractivity (Wildman–Crippen MR) is 200 cm³/mol. The van der Waals surface area contributed by atoms with Gasteiger partial charge in [-0.2, -0.15) is 0 Å². The number of halogens is 1. The number of thiol groups is 1. The highest BCUT2D eigenvalue weighted by atomic mass is 35.5. The standard InChI is InChI=1S/C36H44ClN9O4S/c1-22-24(25-8-6-10-27(32(25)37)42-36(49)33-39-28-19-38-15-11-30(28)43(33)2)7-5-9-26(22)41-35(48)34-40-29-20-45(16-14-31(29)44(34)3)23-12-17-46(18-13-23)51(4,50)21-47/h5-10,21,23,38,51H,11-20H2,1-4H3,(H,41,48)(H,42,49). The zero-order valence-corrected chi connectivity index (χ0v) is 31.0. The molecule has 0 radical (unpaired) electrons. The lowest BCUT2D eigenvalue weighted by Gasteiger charge is -2.41. The van der Waals surface area contributed by atoms with E-state index in [0.717, 1.165) is 78.2 Å². The lowest BCUT2D eigenvalue weighted by molar-refractivity contribution is 0.100. The van der Waals surface area contributed by atoms with E-state index < -0.39 is 10.1 Å². The van der Waals surface area contributed by atoms with Crippen molar-refractivity contribution in [3.05, 3.63) is 81.4 Å². The van der Waals surface area contributed by atoms with E-state index in [1.165, 1.54) is 6.26 Å². The van der Waals surface area contributed by atoms with Gasteiger partial charge in [-0.3, -0.25) is 23.5 Å². The van der Waals surface area contributed by atoms with Crippen LogP contribution in [0, 0.1) is 6.92 Å². The summed E-state index contributed by atoms with van der Waals surface area (Å²) in [4.78, 5) is 50.1. The number of nitrogens with one attached hydrogen (secondary N) is 3. The van der Waals surface area contributed by atoms with Crippen LogP contribution in [0.2, 0.25) is 5.02 Å². The second kappa shape index (κ2) is 14.1. The maximum Gasteiger partial charge on any atom is 0.291 e. The Balaban J connectivity index is 1.05. The minimum Gasteiger partial charge on any atom is -0.327 e. The summed E-state index contributed by atoms with van der Waals surface area (Å²) < 4.78 is 18.1. The smallest absolute Gasteiger partial charge is 0.291 e. The summed E-state index contributed by atoms with van der Waals surface area (Å²) in [6.07, 6.45) is 4.78. The molecule has 7 rings (SSSR count). The normalized spacial score (nSPS) is 17.4. The topological polar surface area (TPSA) is 146 Å². The molecule has 51 heavy (non-hydrogen) atoms. The van der Waals surface area contributed by atoms with Crippen LogP contribution in [-0.2, 0) is 54.9 Å². The molecule has 2 amide bonds. The molecule has 0 atom stereocenters. The van der Waals surface area contributed by atoms with Crippen LogP contribution in [0.4, 0.5) is 11.4 Å². The van der Waals surface area contributed by atoms with Crippen LogP contribution in [-0.4, -0.2) is 88.4 Å². The maximum atomic E-state index is 13.7. The van der Waals surface area contributed by atoms with Gasteiger partial charge in [0.1, 0.15) is 0 Å². The quantitative estimate of drug-likeness (QED) is 0.159. The molecule has 5 heterocycles. The van der Waals surface area contributed by atoms with E-state index in [1.54, 1.807) is 6.07 Å². The molecule has 0 spiro atoms. The number of hydrogen-bond donors (Lipinski definition) is 4. The summed E-state index contributed by atoms with van der Waals surface area (Å²) >= 11 is 6.94. The van der Waals surface area contributed by atoms with Crippen molar-refractivity contribution in [3.63, 3.8) is 0 Å². The average Bonchev–Trinajstić information content (AvgIpc) is 3.66. The third-order valence-corrected chi connectivity index (χ3v) is 13.0. The first-order valence-electron chi connectivity index (χ1n) is 17.3. The Hall–Kier alpha value is -4.21. The molecule has 0 unspecified atom stereocenters. The number of benzene rings is 2. The first-order valence-corrected chi connectivity index (χ1v) is 19.9. The van der Waals surface area contributed by atoms with E-state index in [1.807, 2.05) is 64.8 Å². The highest BCUT2D eigenvalue weighted by Crippen LogP contribution is 2.38. The van der Waals surface area contributed by atoms with Crippen LogP contribution in [0.15, 0.2) is 36.4 Å². The van der Waals surface area contributed by atoms with Crippen molar-refractivity contribution in [2.45, 2.75) is 51.7 Å². The first-order chi connectivity index (χ1) is 24.5. The largest absolute Gasteiger partial charge is 0.327 e. The van der Waals surface area contributed by atoms with Crippen molar-refractivity contribution in [1.29, 1.82) is 0 Å². The number of fused-ring (bicyclic) bond motifs is 2. The number of rotatable bonds is 8. The van der Waals surface area contributed by atoms with Gasteiger partial charge in [0.2, 0.25) is 0 Å². The van der Waals surface area contributed by atoms with Crippen LogP contribution >= 0.6 is 11.6 Å². The van der Waals surface area contributed by atoms with Crippen LogP contribution in [0.5, 0.6) is 0 Å². The van der Waals surface area contributed by atoms with Crippen molar-refractivity contribution in [2.75, 3.05) is 43.1 Å². The monoisotopic (exact) mass is 733 g/mol. The van der Waals surface area contributed by atoms with Gasteiger partial charge in [0.05, 0.1) is 22.1 Å². The minimum atomic E-state index is -2.91. The van der Waals surface area contributed by atoms with Gasteiger partial charge in [0.25, 0.3) is 11.8 Å². The number of amides is 2. The van der Waals surface area contributed by atoms with Crippen LogP contribution in [0.25, 0.3) is 11.1 Å². The molecule has 3 aliphatic rings. The summed E-state index contributed by atoms with van der Waals surface area (Å²) in [6, 6.07) is 11.5. The molecule has 0 aliphatic carbocycles. The molecule has 4 aromatic rings. The van der Waals surface area contributed by atoms with Gasteiger partial charge in [-0.15, -0.1) is 0 Å². The van der Waals surface area contributed by atoms with Crippen LogP contribution in [0.3, 0.4) is 0 Å². The second-order valence-electron chi connectivity index (χ2n) is 13.7. The van der Waals surface area contributed by atoms with E-state index in [2.05, 4.69) is 25.8 Å². The molecule has 3 aliphatic heterocycles. The van der Waals surface area contributed by atoms with Gasteiger partial charge in [0.15, 0.2) is 17.3 Å². The average molecular weight is 734 g/mol. The SMILES string of the molecule is Cc1c(NC(=O)c2nc3c(n2C)CCN(C2CCN([SH](C)(=O)C=O)CC2)C3)cccc1-c1cccc(NC(=O)c2nc3c(n2C)CCNC3)c1Cl. The van der Waals surface area contributed by atoms with Crippen molar-refractivity contribution >= 4 is 50.5 Å².